The third-order valence-electron chi connectivity index (χ3n) is 12.0. The lowest BCUT2D eigenvalue weighted by Crippen LogP contribution is -2.48. The number of hydrogen-bond acceptors (Lipinski definition) is 14. The zero-order chi connectivity index (χ0) is 46.4. The number of rotatable bonds is 10. The summed E-state index contributed by atoms with van der Waals surface area (Å²) in [5, 5.41) is 52.2. The maximum atomic E-state index is 14.6. The number of fused-ring (bicyclic) bond motifs is 14. The number of nitrogens with zero attached hydrogens (tertiary/aromatic N) is 2. The van der Waals surface area contributed by atoms with Crippen molar-refractivity contribution in [2.75, 3.05) is 38.7 Å². The number of benzene rings is 2. The van der Waals surface area contributed by atoms with Gasteiger partial charge >= 0.3 is 11.8 Å². The van der Waals surface area contributed by atoms with Crippen molar-refractivity contribution in [2.24, 2.45) is 23.7 Å². The van der Waals surface area contributed by atoms with E-state index in [-0.39, 0.29) is 44.7 Å². The fourth-order valence-corrected chi connectivity index (χ4v) is 8.16. The average Bonchev–Trinajstić information content (AvgIpc) is 3.50. The number of aromatic hydroxyl groups is 2. The topological polar surface area (TPSA) is 214 Å². The second-order valence-electron chi connectivity index (χ2n) is 16.3. The molecule has 9 atom stereocenters. The number of hydrazine groups is 1. The summed E-state index contributed by atoms with van der Waals surface area (Å²) in [6.07, 6.45) is 4.27. The Balaban J connectivity index is 1.94. The van der Waals surface area contributed by atoms with Gasteiger partial charge in [-0.05, 0) is 26.3 Å². The van der Waals surface area contributed by atoms with Gasteiger partial charge in [-0.2, -0.15) is 0 Å². The molecule has 0 aromatic heterocycles. The predicted molar refractivity (Wildman–Crippen MR) is 233 cm³/mol. The highest BCUT2D eigenvalue weighted by molar-refractivity contribution is 6.21. The molecule has 2 amide bonds. The van der Waals surface area contributed by atoms with Gasteiger partial charge in [-0.1, -0.05) is 66.7 Å². The summed E-state index contributed by atoms with van der Waals surface area (Å²) in [5.74, 6) is -8.09. The van der Waals surface area contributed by atoms with Crippen molar-refractivity contribution < 1.29 is 63.3 Å². The van der Waals surface area contributed by atoms with Crippen molar-refractivity contribution in [1.82, 2.24) is 10.0 Å². The van der Waals surface area contributed by atoms with E-state index < -0.39 is 95.5 Å². The number of ketones is 1. The normalized spacial score (nSPS) is 29.0. The standard InChI is InChI=1S/C46H65N3O13/c1-13-20-49(48(14-2)15-3)34(51)23-59-33-22-31-41(55)36-35(33)37-43(29(9)40(36)54)62-46(11,44(37)56)60-21-19-32(58-12)26(6)42(61-30(10)50)28(8)39(53)27(7)38(52)24(4)17-16-18-25(5)45(57)47-31/h16-19,21-22,24,26-28,32,38-39,42,52-55H,13-15,20,23H2,1-12H3,(H,47,57)/b17-16+,21-19+,25-18-/t24-,26+,27+,28+,32-,38-,39+,42+,46-/m0/s1. The summed E-state index contributed by atoms with van der Waals surface area (Å²) in [6, 6.07) is 1.28. The van der Waals surface area contributed by atoms with E-state index in [1.54, 1.807) is 44.9 Å². The third-order valence-corrected chi connectivity index (χ3v) is 12.0. The van der Waals surface area contributed by atoms with Crippen LogP contribution in [0, 0.1) is 30.6 Å². The first-order valence-electron chi connectivity index (χ1n) is 21.2. The minimum absolute atomic E-state index is 0.0602. The Bertz CT molecular complexity index is 2080. The summed E-state index contributed by atoms with van der Waals surface area (Å²) in [6.45, 7) is 19.4. The number of aliphatic hydroxyl groups is 2. The van der Waals surface area contributed by atoms with E-state index in [0.717, 1.165) is 0 Å². The second-order valence-corrected chi connectivity index (χ2v) is 16.3. The average molecular weight is 868 g/mol. The fourth-order valence-electron chi connectivity index (χ4n) is 8.16. The van der Waals surface area contributed by atoms with Crippen LogP contribution in [0.1, 0.15) is 91.6 Å². The van der Waals surface area contributed by atoms with Gasteiger partial charge in [0, 0.05) is 86.9 Å². The van der Waals surface area contributed by atoms with Crippen LogP contribution < -0.4 is 14.8 Å². The minimum atomic E-state index is -2.04. The molecule has 3 aliphatic rings. The molecule has 0 unspecified atom stereocenters. The van der Waals surface area contributed by atoms with Gasteiger partial charge in [-0.3, -0.25) is 24.2 Å². The van der Waals surface area contributed by atoms with Crippen molar-refractivity contribution in [3.8, 4) is 23.0 Å². The number of aliphatic hydroxyl groups excluding tert-OH is 2. The van der Waals surface area contributed by atoms with Crippen LogP contribution in [0.4, 0.5) is 5.69 Å². The van der Waals surface area contributed by atoms with Crippen LogP contribution in [-0.4, -0.2) is 118 Å². The molecule has 0 fully saturated rings. The molecule has 16 nitrogen and oxygen atoms in total. The van der Waals surface area contributed by atoms with Crippen LogP contribution in [0.25, 0.3) is 10.8 Å². The first kappa shape index (κ1) is 49.5. The molecular formula is C46H65N3O13. The van der Waals surface area contributed by atoms with Crippen molar-refractivity contribution >= 4 is 40.0 Å². The smallest absolute Gasteiger partial charge is 0.312 e. The number of anilines is 1. The SMILES string of the molecule is CCCN(C(=O)COc1cc2c(O)c3c(O)c(C)c4c(c13)C(=O)[C@@](C)(O/C=C/[C@H](OC)[C@@H](C)[C@@H](OC(C)=O)[C@H](C)[C@H](O)[C@H](C)[C@@H](O)[C@@H](C)/C=C/C=C(/C)C(=O)N2)O4)N(CC)CC. The lowest BCUT2D eigenvalue weighted by atomic mass is 9.78. The molecule has 2 aromatic rings. The largest absolute Gasteiger partial charge is 0.507 e. The lowest BCUT2D eigenvalue weighted by molar-refractivity contribution is -0.160. The number of hydrogen-bond donors (Lipinski definition) is 5. The number of phenolic OH excluding ortho intramolecular Hbond substituents is 2. The maximum absolute atomic E-state index is 14.6. The monoisotopic (exact) mass is 867 g/mol. The molecule has 62 heavy (non-hydrogen) atoms. The minimum Gasteiger partial charge on any atom is -0.507 e. The molecule has 342 valence electrons. The molecule has 5 bridgehead atoms. The molecule has 3 aliphatic heterocycles. The molecular weight excluding hydrogens is 803 g/mol. The number of allylic oxidation sites excluding steroid dienone is 2. The molecule has 5 N–H and O–H groups in total. The van der Waals surface area contributed by atoms with Gasteiger partial charge in [-0.25, -0.2) is 5.01 Å². The van der Waals surface area contributed by atoms with E-state index in [9.17, 15) is 39.6 Å². The molecule has 0 saturated heterocycles. The third kappa shape index (κ3) is 10.2. The van der Waals surface area contributed by atoms with Gasteiger partial charge in [-0.15, -0.1) is 0 Å². The van der Waals surface area contributed by atoms with Gasteiger partial charge in [0.05, 0.1) is 41.2 Å². The molecule has 16 heteroatoms. The number of carbonyl (C=O) groups is 4. The number of phenols is 2. The van der Waals surface area contributed by atoms with Crippen molar-refractivity contribution in [3.63, 3.8) is 0 Å². The van der Waals surface area contributed by atoms with E-state index in [4.69, 9.17) is 23.7 Å². The zero-order valence-electron chi connectivity index (χ0n) is 38.0. The van der Waals surface area contributed by atoms with Gasteiger partial charge < -0.3 is 49.4 Å². The molecule has 3 heterocycles. The number of amides is 2. The number of ether oxygens (including phenoxy) is 5. The van der Waals surface area contributed by atoms with E-state index in [1.165, 1.54) is 59.3 Å². The van der Waals surface area contributed by atoms with Crippen molar-refractivity contribution in [2.45, 2.75) is 113 Å². The second kappa shape index (κ2) is 20.8. The highest BCUT2D eigenvalue weighted by atomic mass is 16.7. The van der Waals surface area contributed by atoms with Crippen molar-refractivity contribution in [1.29, 1.82) is 0 Å². The van der Waals surface area contributed by atoms with Crippen LogP contribution in [-0.2, 0) is 28.6 Å². The molecule has 2 aromatic carbocycles. The first-order valence-corrected chi connectivity index (χ1v) is 21.2. The summed E-state index contributed by atoms with van der Waals surface area (Å²) < 4.78 is 30.0. The summed E-state index contributed by atoms with van der Waals surface area (Å²) >= 11 is 0. The summed E-state index contributed by atoms with van der Waals surface area (Å²) in [4.78, 5) is 54.4. The Hall–Kier alpha value is -5.16. The summed E-state index contributed by atoms with van der Waals surface area (Å²) in [7, 11) is 1.44. The predicted octanol–water partition coefficient (Wildman–Crippen LogP) is 5.92. The van der Waals surface area contributed by atoms with Gasteiger partial charge in [0.25, 0.3) is 17.6 Å². The van der Waals surface area contributed by atoms with E-state index in [1.807, 2.05) is 25.8 Å². The molecule has 5 rings (SSSR count). The highest BCUT2D eigenvalue weighted by Crippen LogP contribution is 2.54. The number of carbonyl (C=O) groups excluding carboxylic acids is 4. The Morgan fingerprint density at radius 3 is 2.19 bits per heavy atom. The highest BCUT2D eigenvalue weighted by Gasteiger charge is 2.50. The van der Waals surface area contributed by atoms with Crippen LogP contribution in [0.2, 0.25) is 0 Å². The maximum Gasteiger partial charge on any atom is 0.312 e. The Morgan fingerprint density at radius 1 is 0.935 bits per heavy atom. The van der Waals surface area contributed by atoms with E-state index in [0.29, 0.717) is 26.1 Å². The summed E-state index contributed by atoms with van der Waals surface area (Å²) in [5.41, 5.74) is -0.0197. The van der Waals surface area contributed by atoms with Crippen LogP contribution in [0.5, 0.6) is 23.0 Å². The van der Waals surface area contributed by atoms with Crippen LogP contribution in [0.3, 0.4) is 0 Å². The molecule has 0 saturated carbocycles. The van der Waals surface area contributed by atoms with E-state index in [2.05, 4.69) is 5.32 Å². The van der Waals surface area contributed by atoms with Gasteiger partial charge in [0.1, 0.15) is 23.4 Å². The lowest BCUT2D eigenvalue weighted by Gasteiger charge is -2.38. The van der Waals surface area contributed by atoms with Crippen LogP contribution in [0.15, 0.2) is 42.2 Å². The van der Waals surface area contributed by atoms with Gasteiger partial charge in [0.15, 0.2) is 12.4 Å². The van der Waals surface area contributed by atoms with Crippen molar-refractivity contribution in [3.05, 3.63) is 53.3 Å². The first-order chi connectivity index (χ1) is 29.2. The van der Waals surface area contributed by atoms with Gasteiger partial charge in [0.2, 0.25) is 0 Å². The zero-order valence-corrected chi connectivity index (χ0v) is 38.0. The molecule has 0 spiro atoms. The number of nitrogens with one attached hydrogen (secondary N) is 1. The quantitative estimate of drug-likeness (QED) is 0.107. The molecule has 0 radical (unpaired) electrons. The van der Waals surface area contributed by atoms with E-state index >= 15 is 0 Å². The number of Topliss-reactive ketones (excluding diaryl/α,β-unsaturated/α-hetero) is 1. The molecule has 0 aliphatic carbocycles. The Morgan fingerprint density at radius 2 is 1.60 bits per heavy atom. The number of esters is 1. The van der Waals surface area contributed by atoms with Crippen LogP contribution >= 0.6 is 0 Å². The Labute approximate surface area is 364 Å². The Kier molecular flexibility index (Phi) is 16.6. The fraction of sp³-hybridized carbons (Fsp3) is 0.565. The number of methoxy groups -OCH3 is 1.